The van der Waals surface area contributed by atoms with Gasteiger partial charge >= 0.3 is 5.88 Å². The molecule has 0 atom stereocenters. The molecule has 0 saturated heterocycles. The molecule has 0 N–H and O–H groups in total. The van der Waals surface area contributed by atoms with Crippen molar-refractivity contribution >= 4 is 10.8 Å². The highest BCUT2D eigenvalue weighted by Gasteiger charge is 2.08. The van der Waals surface area contributed by atoms with Crippen LogP contribution in [0.5, 0.6) is 17.4 Å². The number of nitrogens with zero attached hydrogens (tertiary/aromatic N) is 1. The summed E-state index contributed by atoms with van der Waals surface area (Å²) >= 11 is 0. The third-order valence-corrected chi connectivity index (χ3v) is 2.71. The van der Waals surface area contributed by atoms with Gasteiger partial charge in [0.25, 0.3) is 0 Å². The second-order valence-electron chi connectivity index (χ2n) is 3.89. The SMILES string of the molecule is [O]c1ncccc1Oc1cccc2ccccc12. The van der Waals surface area contributed by atoms with E-state index >= 15 is 0 Å². The Hall–Kier alpha value is -2.55. The monoisotopic (exact) mass is 236 g/mol. The van der Waals surface area contributed by atoms with E-state index in [0.717, 1.165) is 10.8 Å². The Balaban J connectivity index is 2.08. The van der Waals surface area contributed by atoms with E-state index in [1.54, 1.807) is 12.1 Å². The highest BCUT2D eigenvalue weighted by Crippen LogP contribution is 2.33. The molecule has 87 valence electrons. The minimum atomic E-state index is -0.356. The standard InChI is InChI=1S/C15H10NO2/c17-15-14(9-4-10-16-15)18-13-8-3-6-11-5-1-2-7-12(11)13/h1-10H. The lowest BCUT2D eigenvalue weighted by Crippen LogP contribution is -1.87. The predicted molar refractivity (Wildman–Crippen MR) is 68.4 cm³/mol. The molecule has 1 heterocycles. The minimum Gasteiger partial charge on any atom is -0.451 e. The maximum Gasteiger partial charge on any atom is 0.312 e. The van der Waals surface area contributed by atoms with Crippen LogP contribution in [0.25, 0.3) is 10.8 Å². The minimum absolute atomic E-state index is 0.244. The molecule has 0 aliphatic rings. The predicted octanol–water partition coefficient (Wildman–Crippen LogP) is 4.17. The summed E-state index contributed by atoms with van der Waals surface area (Å²) in [4.78, 5) is 3.67. The van der Waals surface area contributed by atoms with Gasteiger partial charge in [0.15, 0.2) is 5.75 Å². The molecule has 0 aliphatic heterocycles. The third-order valence-electron chi connectivity index (χ3n) is 2.71. The summed E-state index contributed by atoms with van der Waals surface area (Å²) in [5, 5.41) is 13.6. The average molecular weight is 236 g/mol. The number of rotatable bonds is 2. The second kappa shape index (κ2) is 4.37. The average Bonchev–Trinajstić information content (AvgIpc) is 2.42. The van der Waals surface area contributed by atoms with Gasteiger partial charge in [-0.25, -0.2) is 4.98 Å². The molecular formula is C15H10NO2. The van der Waals surface area contributed by atoms with E-state index < -0.39 is 0 Å². The molecule has 3 nitrogen and oxygen atoms in total. The van der Waals surface area contributed by atoms with Gasteiger partial charge in [0, 0.05) is 11.6 Å². The van der Waals surface area contributed by atoms with Gasteiger partial charge in [0.2, 0.25) is 0 Å². The van der Waals surface area contributed by atoms with Gasteiger partial charge in [-0.1, -0.05) is 36.4 Å². The highest BCUT2D eigenvalue weighted by molar-refractivity contribution is 5.88. The zero-order chi connectivity index (χ0) is 12.4. The molecule has 0 spiro atoms. The van der Waals surface area contributed by atoms with Gasteiger partial charge < -0.3 is 4.74 Å². The van der Waals surface area contributed by atoms with E-state index in [-0.39, 0.29) is 11.6 Å². The Bertz CT molecular complexity index is 689. The van der Waals surface area contributed by atoms with Crippen LogP contribution < -0.4 is 4.74 Å². The molecule has 0 fully saturated rings. The first-order chi connectivity index (χ1) is 8.84. The van der Waals surface area contributed by atoms with Crippen molar-refractivity contribution in [1.29, 1.82) is 0 Å². The van der Waals surface area contributed by atoms with Crippen LogP contribution in [0.15, 0.2) is 60.8 Å². The molecule has 3 aromatic rings. The van der Waals surface area contributed by atoms with Crippen LogP contribution in [0.4, 0.5) is 0 Å². The van der Waals surface area contributed by atoms with Crippen molar-refractivity contribution in [1.82, 2.24) is 4.98 Å². The Morgan fingerprint density at radius 2 is 1.61 bits per heavy atom. The number of benzene rings is 2. The van der Waals surface area contributed by atoms with Gasteiger partial charge in [0.1, 0.15) is 5.75 Å². The number of aromatic nitrogens is 1. The molecular weight excluding hydrogens is 226 g/mol. The summed E-state index contributed by atoms with van der Waals surface area (Å²) < 4.78 is 5.65. The molecule has 0 unspecified atom stereocenters. The van der Waals surface area contributed by atoms with Gasteiger partial charge in [-0.05, 0) is 23.6 Å². The number of hydrogen-bond acceptors (Lipinski definition) is 2. The fourth-order valence-electron chi connectivity index (χ4n) is 1.86. The second-order valence-corrected chi connectivity index (χ2v) is 3.89. The fraction of sp³-hybridized carbons (Fsp3) is 0. The van der Waals surface area contributed by atoms with Gasteiger partial charge in [-0.3, -0.25) is 5.11 Å². The largest absolute Gasteiger partial charge is 0.451 e. The number of pyridine rings is 1. The zero-order valence-electron chi connectivity index (χ0n) is 9.54. The lowest BCUT2D eigenvalue weighted by atomic mass is 10.1. The normalized spacial score (nSPS) is 10.4. The Morgan fingerprint density at radius 3 is 2.50 bits per heavy atom. The molecule has 0 aliphatic carbocycles. The van der Waals surface area contributed by atoms with Crippen LogP contribution in [0.3, 0.4) is 0 Å². The fourth-order valence-corrected chi connectivity index (χ4v) is 1.86. The van der Waals surface area contributed by atoms with E-state index in [2.05, 4.69) is 4.98 Å². The van der Waals surface area contributed by atoms with Crippen LogP contribution in [-0.2, 0) is 5.11 Å². The molecule has 0 saturated carbocycles. The van der Waals surface area contributed by atoms with Crippen molar-refractivity contribution in [3.63, 3.8) is 0 Å². The Morgan fingerprint density at radius 1 is 0.833 bits per heavy atom. The van der Waals surface area contributed by atoms with Crippen LogP contribution >= 0.6 is 0 Å². The first-order valence-corrected chi connectivity index (χ1v) is 5.62. The van der Waals surface area contributed by atoms with E-state index in [9.17, 15) is 5.11 Å². The summed E-state index contributed by atoms with van der Waals surface area (Å²) in [6.45, 7) is 0. The van der Waals surface area contributed by atoms with Crippen molar-refractivity contribution < 1.29 is 9.84 Å². The summed E-state index contributed by atoms with van der Waals surface area (Å²) in [5.74, 6) is 0.553. The molecule has 3 rings (SSSR count). The third kappa shape index (κ3) is 1.86. The molecule has 18 heavy (non-hydrogen) atoms. The van der Waals surface area contributed by atoms with E-state index in [1.807, 2.05) is 42.5 Å². The summed E-state index contributed by atoms with van der Waals surface area (Å²) in [5.41, 5.74) is 0. The number of fused-ring (bicyclic) bond motifs is 1. The molecule has 1 radical (unpaired) electrons. The van der Waals surface area contributed by atoms with Crippen molar-refractivity contribution in [3.8, 4) is 17.4 Å². The molecule has 0 amide bonds. The topological polar surface area (TPSA) is 42.0 Å². The summed E-state index contributed by atoms with van der Waals surface area (Å²) in [6, 6.07) is 16.9. The lowest BCUT2D eigenvalue weighted by Gasteiger charge is -2.08. The van der Waals surface area contributed by atoms with Gasteiger partial charge in [0.05, 0.1) is 0 Å². The maximum atomic E-state index is 11.5. The van der Waals surface area contributed by atoms with Crippen molar-refractivity contribution in [2.24, 2.45) is 0 Å². The Labute approximate surface area is 104 Å². The van der Waals surface area contributed by atoms with E-state index in [0.29, 0.717) is 5.75 Å². The quantitative estimate of drug-likeness (QED) is 0.670. The summed E-state index contributed by atoms with van der Waals surface area (Å²) in [7, 11) is 0. The maximum absolute atomic E-state index is 11.5. The molecule has 2 aromatic carbocycles. The first-order valence-electron chi connectivity index (χ1n) is 5.62. The van der Waals surface area contributed by atoms with Crippen molar-refractivity contribution in [2.45, 2.75) is 0 Å². The highest BCUT2D eigenvalue weighted by atomic mass is 16.5. The molecule has 0 bridgehead atoms. The zero-order valence-corrected chi connectivity index (χ0v) is 9.54. The Kier molecular flexibility index (Phi) is 2.57. The molecule has 1 aromatic heterocycles. The number of hydrogen-bond donors (Lipinski definition) is 0. The van der Waals surface area contributed by atoms with Crippen LogP contribution in [0.1, 0.15) is 0 Å². The van der Waals surface area contributed by atoms with E-state index in [4.69, 9.17) is 4.74 Å². The lowest BCUT2D eigenvalue weighted by molar-refractivity contribution is 0.313. The number of ether oxygens (including phenoxy) is 1. The first kappa shape index (κ1) is 10.6. The van der Waals surface area contributed by atoms with Crippen molar-refractivity contribution in [3.05, 3.63) is 60.8 Å². The van der Waals surface area contributed by atoms with Crippen LogP contribution in [0, 0.1) is 0 Å². The summed E-state index contributed by atoms with van der Waals surface area (Å²) in [6.07, 6.45) is 1.46. The van der Waals surface area contributed by atoms with Gasteiger partial charge in [-0.2, -0.15) is 0 Å². The van der Waals surface area contributed by atoms with Crippen LogP contribution in [-0.4, -0.2) is 4.98 Å². The van der Waals surface area contributed by atoms with Crippen LogP contribution in [0.2, 0.25) is 0 Å². The van der Waals surface area contributed by atoms with E-state index in [1.165, 1.54) is 6.20 Å². The molecule has 3 heteroatoms. The van der Waals surface area contributed by atoms with Gasteiger partial charge in [-0.15, -0.1) is 0 Å². The van der Waals surface area contributed by atoms with Crippen molar-refractivity contribution in [2.75, 3.05) is 0 Å². The smallest absolute Gasteiger partial charge is 0.312 e.